The van der Waals surface area contributed by atoms with Crippen LogP contribution in [0.1, 0.15) is 25.7 Å². The van der Waals surface area contributed by atoms with Crippen LogP contribution in [0.3, 0.4) is 0 Å². The molecule has 0 spiro atoms. The van der Waals surface area contributed by atoms with Crippen molar-refractivity contribution in [3.8, 4) is 0 Å². The third-order valence-corrected chi connectivity index (χ3v) is 5.39. The van der Waals surface area contributed by atoms with Crippen LogP contribution < -0.4 is 20.9 Å². The second kappa shape index (κ2) is 9.98. The molecular weight excluding hydrogens is 411 g/mol. The van der Waals surface area contributed by atoms with Crippen molar-refractivity contribution in [2.75, 3.05) is 36.2 Å². The zero-order chi connectivity index (χ0) is 20.8. The summed E-state index contributed by atoms with van der Waals surface area (Å²) in [4.78, 5) is 22.9. The van der Waals surface area contributed by atoms with Gasteiger partial charge in [0.25, 0.3) is 0 Å². The molecule has 1 heterocycles. The van der Waals surface area contributed by atoms with Gasteiger partial charge < -0.3 is 20.9 Å². The van der Waals surface area contributed by atoms with E-state index in [1.165, 1.54) is 0 Å². The van der Waals surface area contributed by atoms with Crippen LogP contribution in [0.5, 0.6) is 0 Å². The predicted molar refractivity (Wildman–Crippen MR) is 119 cm³/mol. The van der Waals surface area contributed by atoms with Crippen molar-refractivity contribution in [1.82, 2.24) is 15.3 Å². The molecule has 1 aromatic carbocycles. The summed E-state index contributed by atoms with van der Waals surface area (Å²) in [6, 6.07) is 6.94. The number of nitrogens with zero attached hydrogens (tertiary/aromatic N) is 3. The number of urea groups is 1. The Balaban J connectivity index is 1.40. The van der Waals surface area contributed by atoms with Gasteiger partial charge >= 0.3 is 6.03 Å². The molecule has 1 aliphatic rings. The minimum atomic E-state index is -0.252. The number of amides is 2. The van der Waals surface area contributed by atoms with E-state index in [9.17, 15) is 4.79 Å². The van der Waals surface area contributed by atoms with E-state index in [-0.39, 0.29) is 6.03 Å². The van der Waals surface area contributed by atoms with Gasteiger partial charge in [0.05, 0.1) is 0 Å². The normalized spacial score (nSPS) is 18.8. The summed E-state index contributed by atoms with van der Waals surface area (Å²) in [6.07, 6.45) is 5.88. The Kier molecular flexibility index (Phi) is 7.39. The van der Waals surface area contributed by atoms with Crippen LogP contribution in [-0.2, 0) is 0 Å². The maximum atomic E-state index is 12.1. The fourth-order valence-electron chi connectivity index (χ4n) is 3.40. The van der Waals surface area contributed by atoms with Crippen LogP contribution in [0, 0.1) is 5.92 Å². The Hall–Kier alpha value is -2.25. The van der Waals surface area contributed by atoms with Crippen LogP contribution >= 0.6 is 23.2 Å². The molecule has 7 nitrogen and oxygen atoms in total. The molecule has 0 unspecified atom stereocenters. The molecule has 0 saturated heterocycles. The third-order valence-electron chi connectivity index (χ3n) is 4.95. The number of carbonyl (C=O) groups is 1. The summed E-state index contributed by atoms with van der Waals surface area (Å²) in [5.41, 5.74) is 0.577. The lowest BCUT2D eigenvalue weighted by molar-refractivity contribution is 0.246. The fourth-order valence-corrected chi connectivity index (χ4v) is 3.93. The zero-order valence-corrected chi connectivity index (χ0v) is 18.1. The van der Waals surface area contributed by atoms with Gasteiger partial charge in [0.15, 0.2) is 0 Å². The first-order chi connectivity index (χ1) is 13.9. The Morgan fingerprint density at radius 2 is 1.83 bits per heavy atom. The van der Waals surface area contributed by atoms with Crippen molar-refractivity contribution in [1.29, 1.82) is 0 Å². The quantitative estimate of drug-likeness (QED) is 0.613. The van der Waals surface area contributed by atoms with Crippen molar-refractivity contribution in [3.05, 3.63) is 40.5 Å². The summed E-state index contributed by atoms with van der Waals surface area (Å²) in [7, 11) is 3.92. The minimum absolute atomic E-state index is 0.252. The number of anilines is 3. The molecule has 1 fully saturated rings. The average Bonchev–Trinajstić information content (AvgIpc) is 2.67. The van der Waals surface area contributed by atoms with Gasteiger partial charge in [0, 0.05) is 48.6 Å². The van der Waals surface area contributed by atoms with Gasteiger partial charge in [0.2, 0.25) is 5.95 Å². The van der Waals surface area contributed by atoms with Crippen LogP contribution in [0.15, 0.2) is 30.5 Å². The van der Waals surface area contributed by atoms with E-state index in [1.807, 2.05) is 25.1 Å². The molecule has 0 radical (unpaired) electrons. The van der Waals surface area contributed by atoms with Crippen molar-refractivity contribution >= 4 is 46.7 Å². The molecule has 0 aliphatic heterocycles. The van der Waals surface area contributed by atoms with Crippen LogP contribution in [0.4, 0.5) is 22.2 Å². The molecule has 1 saturated carbocycles. The van der Waals surface area contributed by atoms with E-state index in [2.05, 4.69) is 25.9 Å². The van der Waals surface area contributed by atoms with E-state index in [0.29, 0.717) is 40.2 Å². The predicted octanol–water partition coefficient (Wildman–Crippen LogP) is 4.64. The van der Waals surface area contributed by atoms with Gasteiger partial charge in [-0.15, -0.1) is 0 Å². The van der Waals surface area contributed by atoms with Crippen LogP contribution in [0.25, 0.3) is 0 Å². The molecule has 29 heavy (non-hydrogen) atoms. The number of hydrogen-bond donors (Lipinski definition) is 3. The molecule has 1 aromatic heterocycles. The Bertz CT molecular complexity index is 819. The Morgan fingerprint density at radius 3 is 2.48 bits per heavy atom. The van der Waals surface area contributed by atoms with Gasteiger partial charge in [-0.2, -0.15) is 4.98 Å². The summed E-state index contributed by atoms with van der Waals surface area (Å²) >= 11 is 11.9. The van der Waals surface area contributed by atoms with Crippen molar-refractivity contribution in [2.45, 2.75) is 31.7 Å². The SMILES string of the molecule is CN(C)c1ccnc(N[C@H]2CC[C@@H](CNC(=O)Nc3cc(Cl)cc(Cl)c3)CC2)n1. The Morgan fingerprint density at radius 1 is 1.14 bits per heavy atom. The number of nitrogens with one attached hydrogen (secondary N) is 3. The van der Waals surface area contributed by atoms with E-state index in [1.54, 1.807) is 24.4 Å². The molecule has 3 rings (SSSR count). The lowest BCUT2D eigenvalue weighted by Gasteiger charge is -2.29. The molecule has 2 aromatic rings. The largest absolute Gasteiger partial charge is 0.363 e. The highest BCUT2D eigenvalue weighted by Crippen LogP contribution is 2.26. The van der Waals surface area contributed by atoms with Crippen molar-refractivity contribution in [3.63, 3.8) is 0 Å². The molecule has 156 valence electrons. The monoisotopic (exact) mass is 436 g/mol. The molecule has 0 atom stereocenters. The minimum Gasteiger partial charge on any atom is -0.363 e. The van der Waals surface area contributed by atoms with Crippen molar-refractivity contribution < 1.29 is 4.79 Å². The van der Waals surface area contributed by atoms with Gasteiger partial charge in [0.1, 0.15) is 5.82 Å². The van der Waals surface area contributed by atoms with Gasteiger partial charge in [-0.25, -0.2) is 9.78 Å². The summed E-state index contributed by atoms with van der Waals surface area (Å²) < 4.78 is 0. The maximum absolute atomic E-state index is 12.1. The molecule has 3 N–H and O–H groups in total. The van der Waals surface area contributed by atoms with Crippen molar-refractivity contribution in [2.24, 2.45) is 5.92 Å². The number of aromatic nitrogens is 2. The molecule has 2 amide bonds. The first kappa shape index (κ1) is 21.5. The third kappa shape index (κ3) is 6.65. The second-order valence-corrected chi connectivity index (χ2v) is 8.36. The summed E-state index contributed by atoms with van der Waals surface area (Å²) in [6.45, 7) is 0.638. The molecular formula is C20H26Cl2N6O. The first-order valence-corrected chi connectivity index (χ1v) is 10.4. The molecule has 0 bridgehead atoms. The highest BCUT2D eigenvalue weighted by molar-refractivity contribution is 6.35. The van der Waals surface area contributed by atoms with E-state index < -0.39 is 0 Å². The second-order valence-electron chi connectivity index (χ2n) is 7.49. The summed E-state index contributed by atoms with van der Waals surface area (Å²) in [5.74, 6) is 2.00. The van der Waals surface area contributed by atoms with E-state index in [0.717, 1.165) is 31.5 Å². The molecule has 9 heteroatoms. The van der Waals surface area contributed by atoms with Crippen LogP contribution in [0.2, 0.25) is 10.0 Å². The topological polar surface area (TPSA) is 82.2 Å². The van der Waals surface area contributed by atoms with Gasteiger partial charge in [-0.3, -0.25) is 0 Å². The zero-order valence-electron chi connectivity index (χ0n) is 16.6. The summed E-state index contributed by atoms with van der Waals surface area (Å²) in [5, 5.41) is 10.1. The van der Waals surface area contributed by atoms with Crippen LogP contribution in [-0.4, -0.2) is 42.7 Å². The highest BCUT2D eigenvalue weighted by atomic mass is 35.5. The lowest BCUT2D eigenvalue weighted by Crippen LogP contribution is -2.36. The van der Waals surface area contributed by atoms with E-state index in [4.69, 9.17) is 23.2 Å². The molecule has 1 aliphatic carbocycles. The average molecular weight is 437 g/mol. The fraction of sp³-hybridized carbons (Fsp3) is 0.450. The van der Waals surface area contributed by atoms with E-state index >= 15 is 0 Å². The van der Waals surface area contributed by atoms with Gasteiger partial charge in [-0.1, -0.05) is 23.2 Å². The standard InChI is InChI=1S/C20H26Cl2N6O/c1-28(2)18-7-8-23-19(27-18)25-16-5-3-13(4-6-16)12-24-20(29)26-17-10-14(21)9-15(22)11-17/h7-11,13,16H,3-6,12H2,1-2H3,(H,23,25,27)(H2,24,26,29)/t13-,16+. The highest BCUT2D eigenvalue weighted by Gasteiger charge is 2.22. The number of carbonyl (C=O) groups excluding carboxylic acids is 1. The first-order valence-electron chi connectivity index (χ1n) is 9.67. The lowest BCUT2D eigenvalue weighted by atomic mass is 9.86. The number of halogens is 2. The number of benzene rings is 1. The Labute approximate surface area is 181 Å². The number of hydrogen-bond acceptors (Lipinski definition) is 5. The number of rotatable bonds is 6. The smallest absolute Gasteiger partial charge is 0.319 e. The maximum Gasteiger partial charge on any atom is 0.319 e. The van der Waals surface area contributed by atoms with Gasteiger partial charge in [-0.05, 0) is 55.9 Å².